The number of aromatic nitrogens is 1. The van der Waals surface area contributed by atoms with E-state index in [0.717, 1.165) is 3.97 Å². The third-order valence-electron chi connectivity index (χ3n) is 2.79. The Morgan fingerprint density at radius 3 is 2.26 bits per heavy atom. The number of carbonyl (C=O) groups excluding carboxylic acids is 1. The number of hydrogen-bond donors (Lipinski definition) is 0. The summed E-state index contributed by atoms with van der Waals surface area (Å²) in [6, 6.07) is 11.2. The number of Topliss-reactive ketones (excluding diaryl/α,β-unsaturated/α-hetero) is 1. The Hall–Kier alpha value is -1.88. The highest BCUT2D eigenvalue weighted by Crippen LogP contribution is 2.18. The Morgan fingerprint density at radius 2 is 1.68 bits per heavy atom. The van der Waals surface area contributed by atoms with Crippen molar-refractivity contribution in [3.05, 3.63) is 54.4 Å². The molecule has 0 saturated heterocycles. The molecule has 1 aromatic carbocycles. The Bertz CT molecular complexity index is 684. The van der Waals surface area contributed by atoms with Crippen LogP contribution in [0.3, 0.4) is 0 Å². The zero-order chi connectivity index (χ0) is 14.0. The molecule has 0 aliphatic heterocycles. The maximum atomic E-state index is 12.5. The van der Waals surface area contributed by atoms with E-state index in [-0.39, 0.29) is 22.3 Å². The molecule has 0 unspecified atom stereocenters. The lowest BCUT2D eigenvalue weighted by Crippen LogP contribution is -2.20. The molecule has 1 aromatic heterocycles. The Kier molecular flexibility index (Phi) is 3.57. The minimum atomic E-state index is -3.71. The average Bonchev–Trinajstić information content (AvgIpc) is 2.88. The summed E-state index contributed by atoms with van der Waals surface area (Å²) >= 11 is 0. The van der Waals surface area contributed by atoms with Gasteiger partial charge in [0, 0.05) is 12.1 Å². The molecule has 0 aliphatic carbocycles. The summed E-state index contributed by atoms with van der Waals surface area (Å²) in [6.07, 6.45) is 1.40. The predicted molar refractivity (Wildman–Crippen MR) is 72.6 cm³/mol. The fourth-order valence-electron chi connectivity index (χ4n) is 1.77. The Morgan fingerprint density at radius 1 is 1.05 bits per heavy atom. The first kappa shape index (κ1) is 13.5. The van der Waals surface area contributed by atoms with Crippen molar-refractivity contribution < 1.29 is 13.2 Å². The first-order valence-corrected chi connectivity index (χ1v) is 7.41. The maximum absolute atomic E-state index is 12.5. The number of hydrogen-bond acceptors (Lipinski definition) is 3. The van der Waals surface area contributed by atoms with E-state index in [9.17, 15) is 13.2 Å². The zero-order valence-corrected chi connectivity index (χ0v) is 11.6. The van der Waals surface area contributed by atoms with Gasteiger partial charge in [0.05, 0.1) is 10.6 Å². The van der Waals surface area contributed by atoms with Gasteiger partial charge in [-0.3, -0.25) is 4.79 Å². The maximum Gasteiger partial charge on any atom is 0.268 e. The van der Waals surface area contributed by atoms with Crippen LogP contribution in [0.25, 0.3) is 0 Å². The highest BCUT2D eigenvalue weighted by atomic mass is 32.2. The van der Waals surface area contributed by atoms with E-state index in [1.165, 1.54) is 24.4 Å². The average molecular weight is 277 g/mol. The molecule has 0 atom stereocenters. The summed E-state index contributed by atoms with van der Waals surface area (Å²) in [5.74, 6) is -0.441. The van der Waals surface area contributed by atoms with Crippen molar-refractivity contribution in [2.45, 2.75) is 18.7 Å². The highest BCUT2D eigenvalue weighted by molar-refractivity contribution is 7.90. The van der Waals surface area contributed by atoms with Gasteiger partial charge in [-0.25, -0.2) is 12.4 Å². The molecule has 2 rings (SSSR count). The van der Waals surface area contributed by atoms with Crippen LogP contribution in [0.1, 0.15) is 24.3 Å². The van der Waals surface area contributed by atoms with Gasteiger partial charge in [-0.2, -0.15) is 0 Å². The highest BCUT2D eigenvalue weighted by Gasteiger charge is 2.23. The molecule has 4 nitrogen and oxygen atoms in total. The van der Waals surface area contributed by atoms with Gasteiger partial charge in [-0.1, -0.05) is 32.0 Å². The van der Waals surface area contributed by atoms with Crippen LogP contribution in [0.2, 0.25) is 0 Å². The number of nitrogens with zero attached hydrogens (tertiary/aromatic N) is 1. The molecule has 0 saturated carbocycles. The molecule has 19 heavy (non-hydrogen) atoms. The van der Waals surface area contributed by atoms with Crippen LogP contribution in [0.5, 0.6) is 0 Å². The van der Waals surface area contributed by atoms with E-state index in [0.29, 0.717) is 0 Å². The van der Waals surface area contributed by atoms with Crippen molar-refractivity contribution in [2.75, 3.05) is 0 Å². The van der Waals surface area contributed by atoms with Crippen LogP contribution in [0, 0.1) is 5.92 Å². The monoisotopic (exact) mass is 277 g/mol. The number of rotatable bonds is 4. The van der Waals surface area contributed by atoms with Crippen molar-refractivity contribution in [1.82, 2.24) is 3.97 Å². The standard InChI is InChI=1S/C14H15NO3S/c1-11(2)14(16)13-9-6-10-15(13)19(17,18)12-7-4-3-5-8-12/h3-11H,1-2H3. The number of carbonyl (C=O) groups is 1. The lowest BCUT2D eigenvalue weighted by atomic mass is 10.1. The fraction of sp³-hybridized carbons (Fsp3) is 0.214. The summed E-state index contributed by atoms with van der Waals surface area (Å²) in [5, 5.41) is 0. The Labute approximate surface area is 112 Å². The minimum Gasteiger partial charge on any atom is -0.292 e. The zero-order valence-electron chi connectivity index (χ0n) is 10.8. The van der Waals surface area contributed by atoms with Gasteiger partial charge in [-0.05, 0) is 24.3 Å². The first-order chi connectivity index (χ1) is 8.94. The van der Waals surface area contributed by atoms with Gasteiger partial charge in [0.15, 0.2) is 5.78 Å². The molecule has 0 amide bonds. The third kappa shape index (κ3) is 2.46. The van der Waals surface area contributed by atoms with Crippen LogP contribution in [-0.4, -0.2) is 18.2 Å². The summed E-state index contributed by atoms with van der Waals surface area (Å²) in [4.78, 5) is 12.2. The van der Waals surface area contributed by atoms with Gasteiger partial charge in [0.2, 0.25) is 0 Å². The summed E-state index contributed by atoms with van der Waals surface area (Å²) < 4.78 is 26.0. The molecular weight excluding hydrogens is 262 g/mol. The molecule has 100 valence electrons. The molecule has 5 heteroatoms. The SMILES string of the molecule is CC(C)C(=O)c1cccn1S(=O)(=O)c1ccccc1. The van der Waals surface area contributed by atoms with Crippen molar-refractivity contribution in [3.8, 4) is 0 Å². The molecule has 0 aliphatic rings. The van der Waals surface area contributed by atoms with Crippen molar-refractivity contribution >= 4 is 15.8 Å². The largest absolute Gasteiger partial charge is 0.292 e. The summed E-state index contributed by atoms with van der Waals surface area (Å²) in [7, 11) is -3.71. The molecule has 0 bridgehead atoms. The molecule has 0 radical (unpaired) electrons. The van der Waals surface area contributed by atoms with E-state index in [4.69, 9.17) is 0 Å². The van der Waals surface area contributed by atoms with Crippen LogP contribution in [-0.2, 0) is 10.0 Å². The van der Waals surface area contributed by atoms with E-state index in [1.54, 1.807) is 38.1 Å². The Balaban J connectivity index is 2.55. The topological polar surface area (TPSA) is 56.1 Å². The first-order valence-electron chi connectivity index (χ1n) is 5.97. The van der Waals surface area contributed by atoms with Gasteiger partial charge < -0.3 is 0 Å². The van der Waals surface area contributed by atoms with Crippen LogP contribution >= 0.6 is 0 Å². The summed E-state index contributed by atoms with van der Waals surface area (Å²) in [5.41, 5.74) is 0.193. The van der Waals surface area contributed by atoms with Crippen LogP contribution in [0.15, 0.2) is 53.6 Å². The third-order valence-corrected chi connectivity index (χ3v) is 4.49. The van der Waals surface area contributed by atoms with Gasteiger partial charge in [-0.15, -0.1) is 0 Å². The molecule has 0 spiro atoms. The van der Waals surface area contributed by atoms with Gasteiger partial charge in [0.25, 0.3) is 10.0 Å². The number of benzene rings is 1. The lowest BCUT2D eigenvalue weighted by molar-refractivity contribution is 0.0933. The predicted octanol–water partition coefficient (Wildman–Crippen LogP) is 2.56. The quantitative estimate of drug-likeness (QED) is 0.807. The molecule has 0 N–H and O–H groups in total. The lowest BCUT2D eigenvalue weighted by Gasteiger charge is -2.11. The van der Waals surface area contributed by atoms with E-state index >= 15 is 0 Å². The van der Waals surface area contributed by atoms with Gasteiger partial charge in [0.1, 0.15) is 0 Å². The van der Waals surface area contributed by atoms with Gasteiger partial charge >= 0.3 is 0 Å². The second-order valence-electron chi connectivity index (χ2n) is 4.53. The second kappa shape index (κ2) is 5.01. The van der Waals surface area contributed by atoms with Crippen molar-refractivity contribution in [1.29, 1.82) is 0 Å². The smallest absolute Gasteiger partial charge is 0.268 e. The van der Waals surface area contributed by atoms with E-state index in [2.05, 4.69) is 0 Å². The minimum absolute atomic E-state index is 0.170. The van der Waals surface area contributed by atoms with Crippen LogP contribution < -0.4 is 0 Å². The fourth-order valence-corrected chi connectivity index (χ4v) is 3.14. The van der Waals surface area contributed by atoms with Crippen molar-refractivity contribution in [2.24, 2.45) is 5.92 Å². The molecule has 0 fully saturated rings. The van der Waals surface area contributed by atoms with Crippen LogP contribution in [0.4, 0.5) is 0 Å². The number of ketones is 1. The molecule has 1 heterocycles. The molecule has 2 aromatic rings. The second-order valence-corrected chi connectivity index (χ2v) is 6.34. The normalized spacial score (nSPS) is 11.7. The van der Waals surface area contributed by atoms with E-state index < -0.39 is 10.0 Å². The van der Waals surface area contributed by atoms with E-state index in [1.807, 2.05) is 0 Å². The molecular formula is C14H15NO3S. The summed E-state index contributed by atoms with van der Waals surface area (Å²) in [6.45, 7) is 3.49. The van der Waals surface area contributed by atoms with Crippen molar-refractivity contribution in [3.63, 3.8) is 0 Å².